The second-order valence-electron chi connectivity index (χ2n) is 4.37. The first kappa shape index (κ1) is 13.5. The van der Waals surface area contributed by atoms with Gasteiger partial charge in [-0.15, -0.1) is 0 Å². The monoisotopic (exact) mass is 285 g/mol. The van der Waals surface area contributed by atoms with E-state index in [1.807, 2.05) is 11.8 Å². The summed E-state index contributed by atoms with van der Waals surface area (Å²) in [5.41, 5.74) is 6.39. The van der Waals surface area contributed by atoms with Crippen molar-refractivity contribution < 1.29 is 4.79 Å². The normalized spacial score (nSPS) is 16.5. The number of thioether (sulfide) groups is 1. The number of carbonyl (C=O) groups is 1. The van der Waals surface area contributed by atoms with Gasteiger partial charge in [-0.1, -0.05) is 11.6 Å². The number of hydrogen-bond donors (Lipinski definition) is 2. The maximum atomic E-state index is 12.0. The Morgan fingerprint density at radius 3 is 3.00 bits per heavy atom. The molecule has 0 spiro atoms. The Kier molecular flexibility index (Phi) is 4.72. The molecule has 1 amide bonds. The van der Waals surface area contributed by atoms with E-state index in [1.54, 1.807) is 6.07 Å². The summed E-state index contributed by atoms with van der Waals surface area (Å²) >= 11 is 7.86. The second-order valence-corrected chi connectivity index (χ2v) is 5.96. The van der Waals surface area contributed by atoms with Gasteiger partial charge in [-0.3, -0.25) is 4.79 Å². The molecule has 0 atom stereocenters. The number of rotatable bonds is 3. The number of nitrogens with one attached hydrogen (secondary N) is 1. The van der Waals surface area contributed by atoms with Crippen LogP contribution in [0.3, 0.4) is 0 Å². The Morgan fingerprint density at radius 1 is 1.56 bits per heavy atom. The summed E-state index contributed by atoms with van der Waals surface area (Å²) in [4.78, 5) is 15.8. The molecule has 0 unspecified atom stereocenters. The smallest absolute Gasteiger partial charge is 0.254 e. The number of anilines is 1. The zero-order valence-electron chi connectivity index (χ0n) is 9.99. The van der Waals surface area contributed by atoms with Gasteiger partial charge in [-0.25, -0.2) is 4.98 Å². The molecule has 1 aliphatic rings. The van der Waals surface area contributed by atoms with Crippen LogP contribution in [0.5, 0.6) is 0 Å². The van der Waals surface area contributed by atoms with Crippen molar-refractivity contribution in [1.82, 2.24) is 10.3 Å². The van der Waals surface area contributed by atoms with Crippen LogP contribution >= 0.6 is 23.4 Å². The molecule has 0 bridgehead atoms. The number of carbonyl (C=O) groups excluding carboxylic acids is 1. The summed E-state index contributed by atoms with van der Waals surface area (Å²) in [6, 6.07) is 1.56. The van der Waals surface area contributed by atoms with E-state index in [1.165, 1.54) is 17.7 Å². The number of halogens is 1. The SMILES string of the molecule is Nc1cnc(Cl)c(C(=O)NCC2CCSCC2)c1. The van der Waals surface area contributed by atoms with Gasteiger partial charge in [0, 0.05) is 6.54 Å². The lowest BCUT2D eigenvalue weighted by molar-refractivity contribution is 0.0946. The summed E-state index contributed by atoms with van der Waals surface area (Å²) in [5.74, 6) is 2.74. The molecule has 1 fully saturated rings. The van der Waals surface area contributed by atoms with Gasteiger partial charge in [0.2, 0.25) is 0 Å². The maximum absolute atomic E-state index is 12.0. The number of nitrogens with zero attached hydrogens (tertiary/aromatic N) is 1. The second kappa shape index (κ2) is 6.29. The van der Waals surface area contributed by atoms with Gasteiger partial charge in [0.25, 0.3) is 5.91 Å². The highest BCUT2D eigenvalue weighted by atomic mass is 35.5. The Balaban J connectivity index is 1.92. The highest BCUT2D eigenvalue weighted by molar-refractivity contribution is 7.99. The minimum Gasteiger partial charge on any atom is -0.397 e. The van der Waals surface area contributed by atoms with Crippen LogP contribution in [0.4, 0.5) is 5.69 Å². The van der Waals surface area contributed by atoms with Crippen LogP contribution < -0.4 is 11.1 Å². The lowest BCUT2D eigenvalue weighted by Crippen LogP contribution is -2.31. The number of hydrogen-bond acceptors (Lipinski definition) is 4. The molecule has 6 heteroatoms. The summed E-state index contributed by atoms with van der Waals surface area (Å²) in [6.45, 7) is 0.699. The van der Waals surface area contributed by atoms with E-state index < -0.39 is 0 Å². The molecule has 1 aromatic heterocycles. The first-order chi connectivity index (χ1) is 8.66. The van der Waals surface area contributed by atoms with Gasteiger partial charge in [-0.2, -0.15) is 11.8 Å². The average molecular weight is 286 g/mol. The number of nitrogens with two attached hydrogens (primary N) is 1. The van der Waals surface area contributed by atoms with Crippen LogP contribution in [0.25, 0.3) is 0 Å². The van der Waals surface area contributed by atoms with E-state index in [9.17, 15) is 4.79 Å². The van der Waals surface area contributed by atoms with Crippen molar-refractivity contribution in [3.63, 3.8) is 0 Å². The molecule has 2 rings (SSSR count). The van der Waals surface area contributed by atoms with E-state index in [0.29, 0.717) is 23.7 Å². The van der Waals surface area contributed by atoms with Gasteiger partial charge in [-0.05, 0) is 36.3 Å². The molecule has 3 N–H and O–H groups in total. The first-order valence-electron chi connectivity index (χ1n) is 5.94. The minimum atomic E-state index is -0.196. The van der Waals surface area contributed by atoms with Gasteiger partial charge in [0.05, 0.1) is 17.4 Å². The highest BCUT2D eigenvalue weighted by Gasteiger charge is 2.16. The van der Waals surface area contributed by atoms with E-state index in [4.69, 9.17) is 17.3 Å². The molecule has 1 saturated heterocycles. The fourth-order valence-electron chi connectivity index (χ4n) is 1.91. The predicted molar refractivity (Wildman–Crippen MR) is 76.0 cm³/mol. The van der Waals surface area contributed by atoms with Crippen molar-refractivity contribution in [1.29, 1.82) is 0 Å². The van der Waals surface area contributed by atoms with Crippen LogP contribution in [-0.2, 0) is 0 Å². The average Bonchev–Trinajstić information content (AvgIpc) is 2.40. The fraction of sp³-hybridized carbons (Fsp3) is 0.500. The largest absolute Gasteiger partial charge is 0.397 e. The lowest BCUT2D eigenvalue weighted by atomic mass is 10.0. The van der Waals surface area contributed by atoms with Crippen molar-refractivity contribution >= 4 is 35.0 Å². The van der Waals surface area contributed by atoms with Gasteiger partial charge < -0.3 is 11.1 Å². The summed E-state index contributed by atoms with van der Waals surface area (Å²) in [7, 11) is 0. The van der Waals surface area contributed by atoms with Crippen LogP contribution in [0, 0.1) is 5.92 Å². The molecule has 1 aromatic rings. The molecular formula is C12H16ClN3OS. The highest BCUT2D eigenvalue weighted by Crippen LogP contribution is 2.22. The van der Waals surface area contributed by atoms with Crippen LogP contribution in [-0.4, -0.2) is 28.9 Å². The topological polar surface area (TPSA) is 68.0 Å². The third kappa shape index (κ3) is 3.53. The molecule has 4 nitrogen and oxygen atoms in total. The van der Waals surface area contributed by atoms with E-state index in [0.717, 1.165) is 12.8 Å². The van der Waals surface area contributed by atoms with E-state index in [-0.39, 0.29) is 11.1 Å². The Labute approximate surface area is 116 Å². The third-order valence-electron chi connectivity index (χ3n) is 3.00. The summed E-state index contributed by atoms with van der Waals surface area (Å²) in [5, 5.41) is 3.10. The van der Waals surface area contributed by atoms with Gasteiger partial charge in [0.15, 0.2) is 0 Å². The molecule has 0 radical (unpaired) electrons. The predicted octanol–water partition coefficient (Wildman–Crippen LogP) is 2.19. The van der Waals surface area contributed by atoms with Crippen LogP contribution in [0.2, 0.25) is 5.15 Å². The number of amides is 1. The molecule has 18 heavy (non-hydrogen) atoms. The van der Waals surface area contributed by atoms with Crippen molar-refractivity contribution in [3.8, 4) is 0 Å². The minimum absolute atomic E-state index is 0.195. The quantitative estimate of drug-likeness (QED) is 0.836. The summed E-state index contributed by atoms with van der Waals surface area (Å²) in [6.07, 6.45) is 3.76. The Hall–Kier alpha value is -0.940. The molecule has 0 saturated carbocycles. The number of nitrogen functional groups attached to an aromatic ring is 1. The fourth-order valence-corrected chi connectivity index (χ4v) is 3.30. The number of pyridine rings is 1. The molecule has 98 valence electrons. The van der Waals surface area contributed by atoms with Crippen molar-refractivity contribution in [2.45, 2.75) is 12.8 Å². The standard InChI is InChI=1S/C12H16ClN3OS/c13-11-10(5-9(14)7-15-11)12(17)16-6-8-1-3-18-4-2-8/h5,7-8H,1-4,6,14H2,(H,16,17). The van der Waals surface area contributed by atoms with Gasteiger partial charge in [0.1, 0.15) is 5.15 Å². The molecule has 1 aliphatic heterocycles. The maximum Gasteiger partial charge on any atom is 0.254 e. The molecule has 0 aliphatic carbocycles. The molecular weight excluding hydrogens is 270 g/mol. The van der Waals surface area contributed by atoms with Crippen molar-refractivity contribution in [2.24, 2.45) is 5.92 Å². The number of aromatic nitrogens is 1. The van der Waals surface area contributed by atoms with Crippen molar-refractivity contribution in [2.75, 3.05) is 23.8 Å². The van der Waals surface area contributed by atoms with Crippen LogP contribution in [0.15, 0.2) is 12.3 Å². The Morgan fingerprint density at radius 2 is 2.28 bits per heavy atom. The van der Waals surface area contributed by atoms with E-state index in [2.05, 4.69) is 10.3 Å². The molecule has 0 aromatic carbocycles. The zero-order valence-corrected chi connectivity index (χ0v) is 11.6. The molecule has 2 heterocycles. The third-order valence-corrected chi connectivity index (χ3v) is 4.35. The van der Waals surface area contributed by atoms with Gasteiger partial charge >= 0.3 is 0 Å². The first-order valence-corrected chi connectivity index (χ1v) is 7.47. The van der Waals surface area contributed by atoms with E-state index >= 15 is 0 Å². The van der Waals surface area contributed by atoms with Crippen molar-refractivity contribution in [3.05, 3.63) is 23.0 Å². The summed E-state index contributed by atoms with van der Waals surface area (Å²) < 4.78 is 0. The lowest BCUT2D eigenvalue weighted by Gasteiger charge is -2.21. The van der Waals surface area contributed by atoms with Crippen LogP contribution in [0.1, 0.15) is 23.2 Å². The zero-order chi connectivity index (χ0) is 13.0. The Bertz CT molecular complexity index is 435.